The van der Waals surface area contributed by atoms with Gasteiger partial charge in [-0.2, -0.15) is 5.26 Å². The Kier molecular flexibility index (Phi) is 3.01. The van der Waals surface area contributed by atoms with Crippen LogP contribution in [0.3, 0.4) is 0 Å². The topological polar surface area (TPSA) is 77.8 Å². The van der Waals surface area contributed by atoms with Gasteiger partial charge in [-0.25, -0.2) is 4.98 Å². The van der Waals surface area contributed by atoms with E-state index in [9.17, 15) is 4.79 Å². The molecule has 2 rings (SSSR count). The lowest BCUT2D eigenvalue weighted by molar-refractivity contribution is -0.119. The van der Waals surface area contributed by atoms with Crippen LogP contribution in [0.15, 0.2) is 18.3 Å². The van der Waals surface area contributed by atoms with Crippen molar-refractivity contribution < 1.29 is 4.79 Å². The summed E-state index contributed by atoms with van der Waals surface area (Å²) in [6.07, 6.45) is 3.72. The van der Waals surface area contributed by atoms with E-state index in [1.807, 2.05) is 6.07 Å². The van der Waals surface area contributed by atoms with Crippen LogP contribution >= 0.6 is 0 Å². The van der Waals surface area contributed by atoms with Gasteiger partial charge in [0.15, 0.2) is 0 Å². The molecule has 0 bridgehead atoms. The fourth-order valence-electron chi connectivity index (χ4n) is 1.25. The zero-order valence-electron chi connectivity index (χ0n) is 8.73. The van der Waals surface area contributed by atoms with Crippen molar-refractivity contribution in [2.75, 3.05) is 11.9 Å². The van der Waals surface area contributed by atoms with Crippen LogP contribution in [0, 0.1) is 11.3 Å². The lowest BCUT2D eigenvalue weighted by Gasteiger charge is -2.06. The van der Waals surface area contributed by atoms with Crippen LogP contribution in [-0.2, 0) is 4.79 Å². The molecule has 2 N–H and O–H groups in total. The molecule has 0 saturated heterocycles. The average Bonchev–Trinajstić information content (AvgIpc) is 3.11. The molecule has 0 atom stereocenters. The summed E-state index contributed by atoms with van der Waals surface area (Å²) in [5.74, 6) is -0.00754. The molecule has 1 heterocycles. The molecule has 5 heteroatoms. The molecule has 1 aliphatic carbocycles. The first-order chi connectivity index (χ1) is 7.78. The van der Waals surface area contributed by atoms with E-state index >= 15 is 0 Å². The number of hydrogen-bond acceptors (Lipinski definition) is 4. The van der Waals surface area contributed by atoms with Crippen molar-refractivity contribution in [2.45, 2.75) is 18.9 Å². The average molecular weight is 216 g/mol. The third-order valence-corrected chi connectivity index (χ3v) is 2.27. The van der Waals surface area contributed by atoms with E-state index in [1.165, 1.54) is 0 Å². The van der Waals surface area contributed by atoms with Gasteiger partial charge in [-0.15, -0.1) is 0 Å². The molecule has 0 aromatic carbocycles. The zero-order valence-corrected chi connectivity index (χ0v) is 8.73. The van der Waals surface area contributed by atoms with Crippen LogP contribution in [-0.4, -0.2) is 23.5 Å². The quantitative estimate of drug-likeness (QED) is 0.774. The SMILES string of the molecule is N#Cc1ccc(NCC(=O)NC2CC2)cn1. The second-order valence-electron chi connectivity index (χ2n) is 3.74. The Bertz CT molecular complexity index is 417. The van der Waals surface area contributed by atoms with Gasteiger partial charge in [0, 0.05) is 6.04 Å². The molecular weight excluding hydrogens is 204 g/mol. The summed E-state index contributed by atoms with van der Waals surface area (Å²) in [5, 5.41) is 14.4. The first-order valence-corrected chi connectivity index (χ1v) is 5.17. The van der Waals surface area contributed by atoms with Crippen LogP contribution in [0.1, 0.15) is 18.5 Å². The van der Waals surface area contributed by atoms with Gasteiger partial charge >= 0.3 is 0 Å². The Labute approximate surface area is 93.5 Å². The van der Waals surface area contributed by atoms with Crippen LogP contribution in [0.5, 0.6) is 0 Å². The molecular formula is C11H12N4O. The summed E-state index contributed by atoms with van der Waals surface area (Å²) < 4.78 is 0. The first-order valence-electron chi connectivity index (χ1n) is 5.17. The summed E-state index contributed by atoms with van der Waals surface area (Å²) in [4.78, 5) is 15.2. The standard InChI is InChI=1S/C11H12N4O/c12-5-9-3-4-10(6-13-9)14-7-11(16)15-8-1-2-8/h3-4,6,8,14H,1-2,7H2,(H,15,16). The van der Waals surface area contributed by atoms with Crippen molar-refractivity contribution in [3.8, 4) is 6.07 Å². The number of hydrogen-bond donors (Lipinski definition) is 2. The molecule has 0 spiro atoms. The molecule has 1 aliphatic rings. The van der Waals surface area contributed by atoms with Gasteiger partial charge in [-0.05, 0) is 25.0 Å². The van der Waals surface area contributed by atoms with Crippen molar-refractivity contribution in [3.63, 3.8) is 0 Å². The summed E-state index contributed by atoms with van der Waals surface area (Å²) in [7, 11) is 0. The summed E-state index contributed by atoms with van der Waals surface area (Å²) >= 11 is 0. The Morgan fingerprint density at radius 1 is 1.56 bits per heavy atom. The van der Waals surface area contributed by atoms with E-state index in [1.54, 1.807) is 18.3 Å². The number of pyridine rings is 1. The van der Waals surface area contributed by atoms with Gasteiger partial charge in [0.2, 0.25) is 5.91 Å². The number of anilines is 1. The number of nitrogens with zero attached hydrogens (tertiary/aromatic N) is 2. The number of rotatable bonds is 4. The van der Waals surface area contributed by atoms with Crippen molar-refractivity contribution in [2.24, 2.45) is 0 Å². The molecule has 82 valence electrons. The highest BCUT2D eigenvalue weighted by atomic mass is 16.2. The van der Waals surface area contributed by atoms with Gasteiger partial charge in [-0.3, -0.25) is 4.79 Å². The largest absolute Gasteiger partial charge is 0.375 e. The monoisotopic (exact) mass is 216 g/mol. The minimum absolute atomic E-state index is 0.00754. The lowest BCUT2D eigenvalue weighted by atomic mass is 10.3. The van der Waals surface area contributed by atoms with Crippen molar-refractivity contribution >= 4 is 11.6 Å². The molecule has 5 nitrogen and oxygen atoms in total. The maximum atomic E-state index is 11.3. The van der Waals surface area contributed by atoms with E-state index in [0.29, 0.717) is 11.7 Å². The Balaban J connectivity index is 1.79. The highest BCUT2D eigenvalue weighted by molar-refractivity contribution is 5.81. The normalized spacial score (nSPS) is 13.9. The minimum atomic E-state index is -0.00754. The first kappa shape index (κ1) is 10.4. The van der Waals surface area contributed by atoms with Gasteiger partial charge < -0.3 is 10.6 Å². The molecule has 1 fully saturated rings. The maximum Gasteiger partial charge on any atom is 0.239 e. The summed E-state index contributed by atoms with van der Waals surface area (Å²) in [5.41, 5.74) is 1.11. The van der Waals surface area contributed by atoms with Gasteiger partial charge in [0.1, 0.15) is 11.8 Å². The van der Waals surface area contributed by atoms with Crippen LogP contribution in [0.25, 0.3) is 0 Å². The molecule has 0 unspecified atom stereocenters. The third-order valence-electron chi connectivity index (χ3n) is 2.27. The lowest BCUT2D eigenvalue weighted by Crippen LogP contribution is -2.31. The predicted octanol–water partition coefficient (Wildman–Crippen LogP) is 0.644. The van der Waals surface area contributed by atoms with Gasteiger partial charge in [0.05, 0.1) is 18.4 Å². The zero-order chi connectivity index (χ0) is 11.4. The van der Waals surface area contributed by atoms with E-state index < -0.39 is 0 Å². The van der Waals surface area contributed by atoms with Gasteiger partial charge in [0.25, 0.3) is 0 Å². The number of nitrogens with one attached hydrogen (secondary N) is 2. The molecule has 1 amide bonds. The van der Waals surface area contributed by atoms with E-state index in [-0.39, 0.29) is 12.5 Å². The highest BCUT2D eigenvalue weighted by Crippen LogP contribution is 2.18. The molecule has 1 saturated carbocycles. The Hall–Kier alpha value is -2.09. The van der Waals surface area contributed by atoms with Crippen LogP contribution in [0.4, 0.5) is 5.69 Å². The number of amides is 1. The fraction of sp³-hybridized carbons (Fsp3) is 0.364. The van der Waals surface area contributed by atoms with Crippen molar-refractivity contribution in [1.29, 1.82) is 5.26 Å². The van der Waals surface area contributed by atoms with E-state index in [2.05, 4.69) is 15.6 Å². The second-order valence-corrected chi connectivity index (χ2v) is 3.74. The van der Waals surface area contributed by atoms with Gasteiger partial charge in [-0.1, -0.05) is 0 Å². The minimum Gasteiger partial charge on any atom is -0.375 e. The number of aromatic nitrogens is 1. The third kappa shape index (κ3) is 2.95. The van der Waals surface area contributed by atoms with Crippen molar-refractivity contribution in [1.82, 2.24) is 10.3 Å². The summed E-state index contributed by atoms with van der Waals surface area (Å²) in [6.45, 7) is 0.240. The molecule has 0 aliphatic heterocycles. The smallest absolute Gasteiger partial charge is 0.239 e. The Morgan fingerprint density at radius 3 is 2.94 bits per heavy atom. The predicted molar refractivity (Wildman–Crippen MR) is 58.6 cm³/mol. The molecule has 1 aromatic rings. The second kappa shape index (κ2) is 4.62. The molecule has 16 heavy (non-hydrogen) atoms. The van der Waals surface area contributed by atoms with Crippen LogP contribution in [0.2, 0.25) is 0 Å². The van der Waals surface area contributed by atoms with E-state index in [4.69, 9.17) is 5.26 Å². The number of carbonyl (C=O) groups is 1. The van der Waals surface area contributed by atoms with Crippen molar-refractivity contribution in [3.05, 3.63) is 24.0 Å². The Morgan fingerprint density at radius 2 is 2.38 bits per heavy atom. The fourth-order valence-corrected chi connectivity index (χ4v) is 1.25. The molecule has 1 aromatic heterocycles. The van der Waals surface area contributed by atoms with E-state index in [0.717, 1.165) is 18.5 Å². The van der Waals surface area contributed by atoms with Crippen LogP contribution < -0.4 is 10.6 Å². The maximum absolute atomic E-state index is 11.3. The highest BCUT2D eigenvalue weighted by Gasteiger charge is 2.22. The summed E-state index contributed by atoms with van der Waals surface area (Å²) in [6, 6.07) is 5.66. The number of nitriles is 1. The number of carbonyl (C=O) groups excluding carboxylic acids is 1. The molecule has 0 radical (unpaired) electrons.